The molecule has 2 aromatic rings. The lowest BCUT2D eigenvalue weighted by molar-refractivity contribution is -0.149. The summed E-state index contributed by atoms with van der Waals surface area (Å²) in [6, 6.07) is 20.2. The maximum atomic E-state index is 12.6. The molecule has 0 aliphatic carbocycles. The highest BCUT2D eigenvalue weighted by molar-refractivity contribution is 5.75. The van der Waals surface area contributed by atoms with Crippen LogP contribution in [0.25, 0.3) is 0 Å². The Hall–Kier alpha value is -2.35. The van der Waals surface area contributed by atoms with Gasteiger partial charge in [-0.1, -0.05) is 131 Å². The summed E-state index contributed by atoms with van der Waals surface area (Å²) in [5.41, 5.74) is 1.47. The molecule has 0 heterocycles. The topological polar surface area (TPSA) is 37.3 Å². The molecule has 0 saturated heterocycles. The van der Waals surface area contributed by atoms with E-state index in [1.807, 2.05) is 36.4 Å². The second-order valence-corrected chi connectivity index (χ2v) is 9.89. The number of hydrogen-bond donors (Lipinski definition) is 1. The van der Waals surface area contributed by atoms with Crippen molar-refractivity contribution in [3.05, 3.63) is 83.9 Å². The summed E-state index contributed by atoms with van der Waals surface area (Å²) < 4.78 is 0. The first-order chi connectivity index (χ1) is 16.7. The molecular weight excluding hydrogens is 416 g/mol. The summed E-state index contributed by atoms with van der Waals surface area (Å²) >= 11 is 0. The molecule has 0 aliphatic rings. The van der Waals surface area contributed by atoms with E-state index in [1.165, 1.54) is 57.8 Å². The van der Waals surface area contributed by atoms with Crippen LogP contribution >= 0.6 is 0 Å². The van der Waals surface area contributed by atoms with Gasteiger partial charge in [0, 0.05) is 0 Å². The Bertz CT molecular complexity index is 753. The van der Waals surface area contributed by atoms with E-state index in [4.69, 9.17) is 0 Å². The average Bonchev–Trinajstić information content (AvgIpc) is 2.85. The number of carbonyl (C=O) groups is 1. The first kappa shape index (κ1) is 27.9. The second kappa shape index (κ2) is 17.1. The van der Waals surface area contributed by atoms with E-state index >= 15 is 0 Å². The number of aliphatic carboxylic acids is 1. The summed E-state index contributed by atoms with van der Waals surface area (Å²) in [5, 5.41) is 10.3. The maximum absolute atomic E-state index is 12.6. The molecule has 1 N–H and O–H groups in total. The molecule has 2 aromatic carbocycles. The fourth-order valence-electron chi connectivity index (χ4n) is 4.83. The van der Waals surface area contributed by atoms with E-state index in [0.717, 1.165) is 36.8 Å². The molecule has 0 spiro atoms. The van der Waals surface area contributed by atoms with Crippen LogP contribution in [-0.2, 0) is 17.6 Å². The van der Waals surface area contributed by atoms with Gasteiger partial charge in [0.15, 0.2) is 0 Å². The number of rotatable bonds is 19. The minimum Gasteiger partial charge on any atom is -0.481 e. The second-order valence-electron chi connectivity index (χ2n) is 9.89. The van der Waals surface area contributed by atoms with E-state index in [2.05, 4.69) is 43.3 Å². The van der Waals surface area contributed by atoms with Gasteiger partial charge in [-0.3, -0.25) is 4.79 Å². The lowest BCUT2D eigenvalue weighted by atomic mass is 9.73. The molecular formula is C32H46O2. The van der Waals surface area contributed by atoms with Crippen LogP contribution in [0.15, 0.2) is 72.8 Å². The molecule has 0 aliphatic heterocycles. The minimum atomic E-state index is -0.750. The zero-order chi connectivity index (χ0) is 24.3. The highest BCUT2D eigenvalue weighted by atomic mass is 16.4. The van der Waals surface area contributed by atoms with Crippen LogP contribution in [0.2, 0.25) is 0 Å². The summed E-state index contributed by atoms with van der Waals surface area (Å²) in [4.78, 5) is 12.6. The van der Waals surface area contributed by atoms with Gasteiger partial charge in [-0.25, -0.2) is 0 Å². The lowest BCUT2D eigenvalue weighted by Gasteiger charge is -2.30. The number of hydrogen-bond acceptors (Lipinski definition) is 1. The van der Waals surface area contributed by atoms with Crippen molar-refractivity contribution in [3.8, 4) is 0 Å². The lowest BCUT2D eigenvalue weighted by Crippen LogP contribution is -2.36. The fraction of sp³-hybridized carbons (Fsp3) is 0.531. The standard InChI is InChI=1S/C32H46O2/c1-2-3-4-5-6-7-8-9-10-11-12-13-14-21-26-32(31(33)34,27-29-22-17-15-18-23-29)28-30-24-19-16-20-25-30/h9-10,15-20,22-25H,2-8,11-14,21,26-28H2,1H3,(H,33,34). The predicted octanol–water partition coefficient (Wildman–Crippen LogP) is 9.19. The Labute approximate surface area is 208 Å². The third-order valence-electron chi connectivity index (χ3n) is 6.89. The number of allylic oxidation sites excluding steroid dienone is 2. The van der Waals surface area contributed by atoms with Gasteiger partial charge in [0.2, 0.25) is 0 Å². The molecule has 0 amide bonds. The van der Waals surface area contributed by atoms with E-state index in [0.29, 0.717) is 12.8 Å². The number of unbranched alkanes of at least 4 members (excludes halogenated alkanes) is 10. The monoisotopic (exact) mass is 462 g/mol. The number of carboxylic acid groups (broad SMARTS) is 1. The average molecular weight is 463 g/mol. The molecule has 0 atom stereocenters. The minimum absolute atomic E-state index is 0.583. The highest BCUT2D eigenvalue weighted by Crippen LogP contribution is 2.34. The van der Waals surface area contributed by atoms with Gasteiger partial charge in [0.05, 0.1) is 5.41 Å². The van der Waals surface area contributed by atoms with Crippen LogP contribution in [0.1, 0.15) is 102 Å². The molecule has 0 radical (unpaired) electrons. The maximum Gasteiger partial charge on any atom is 0.310 e. The van der Waals surface area contributed by atoms with Gasteiger partial charge in [-0.05, 0) is 56.1 Å². The molecule has 0 bridgehead atoms. The van der Waals surface area contributed by atoms with Crippen molar-refractivity contribution < 1.29 is 9.90 Å². The van der Waals surface area contributed by atoms with Crippen molar-refractivity contribution in [1.82, 2.24) is 0 Å². The smallest absolute Gasteiger partial charge is 0.310 e. The van der Waals surface area contributed by atoms with Crippen molar-refractivity contribution >= 4 is 5.97 Å². The zero-order valence-electron chi connectivity index (χ0n) is 21.4. The van der Waals surface area contributed by atoms with Crippen molar-refractivity contribution in [2.45, 2.75) is 103 Å². The first-order valence-corrected chi connectivity index (χ1v) is 13.6. The van der Waals surface area contributed by atoms with E-state index in [1.54, 1.807) is 0 Å². The third-order valence-corrected chi connectivity index (χ3v) is 6.89. The predicted molar refractivity (Wildman–Crippen MR) is 145 cm³/mol. The Morgan fingerprint density at radius 1 is 0.676 bits per heavy atom. The molecule has 34 heavy (non-hydrogen) atoms. The molecule has 0 fully saturated rings. The summed E-state index contributed by atoms with van der Waals surface area (Å²) in [7, 11) is 0. The van der Waals surface area contributed by atoms with Crippen molar-refractivity contribution in [2.24, 2.45) is 5.41 Å². The summed E-state index contributed by atoms with van der Waals surface area (Å²) in [5.74, 6) is -0.669. The molecule has 186 valence electrons. The van der Waals surface area contributed by atoms with Crippen LogP contribution in [0.3, 0.4) is 0 Å². The van der Waals surface area contributed by atoms with Crippen molar-refractivity contribution in [2.75, 3.05) is 0 Å². The van der Waals surface area contributed by atoms with E-state index in [9.17, 15) is 9.90 Å². The van der Waals surface area contributed by atoms with Gasteiger partial charge < -0.3 is 5.11 Å². The largest absolute Gasteiger partial charge is 0.481 e. The van der Waals surface area contributed by atoms with E-state index < -0.39 is 11.4 Å². The Kier molecular flexibility index (Phi) is 14.1. The van der Waals surface area contributed by atoms with Gasteiger partial charge >= 0.3 is 5.97 Å². The zero-order valence-corrected chi connectivity index (χ0v) is 21.4. The molecule has 2 nitrogen and oxygen atoms in total. The summed E-state index contributed by atoms with van der Waals surface area (Å²) in [6.07, 6.45) is 21.5. The van der Waals surface area contributed by atoms with Gasteiger partial charge in [0.1, 0.15) is 0 Å². The van der Waals surface area contributed by atoms with Crippen LogP contribution in [0.4, 0.5) is 0 Å². The van der Waals surface area contributed by atoms with Gasteiger partial charge in [0.25, 0.3) is 0 Å². The highest BCUT2D eigenvalue weighted by Gasteiger charge is 2.38. The third kappa shape index (κ3) is 11.2. The molecule has 2 rings (SSSR count). The SMILES string of the molecule is CCCCCCCCC=CCCCCCCC(Cc1ccccc1)(Cc1ccccc1)C(=O)O. The van der Waals surface area contributed by atoms with Crippen LogP contribution < -0.4 is 0 Å². The van der Waals surface area contributed by atoms with Gasteiger partial charge in [-0.15, -0.1) is 0 Å². The van der Waals surface area contributed by atoms with Gasteiger partial charge in [-0.2, -0.15) is 0 Å². The van der Waals surface area contributed by atoms with Crippen molar-refractivity contribution in [3.63, 3.8) is 0 Å². The molecule has 0 aromatic heterocycles. The molecule has 0 saturated carbocycles. The Balaban J connectivity index is 1.76. The van der Waals surface area contributed by atoms with Crippen LogP contribution in [0, 0.1) is 5.41 Å². The molecule has 2 heteroatoms. The van der Waals surface area contributed by atoms with E-state index in [-0.39, 0.29) is 0 Å². The molecule has 0 unspecified atom stereocenters. The number of carboxylic acids is 1. The Morgan fingerprint density at radius 2 is 1.12 bits per heavy atom. The normalized spacial score (nSPS) is 11.8. The fourth-order valence-corrected chi connectivity index (χ4v) is 4.83. The summed E-state index contributed by atoms with van der Waals surface area (Å²) in [6.45, 7) is 2.26. The van der Waals surface area contributed by atoms with Crippen molar-refractivity contribution in [1.29, 1.82) is 0 Å². The quantitative estimate of drug-likeness (QED) is 0.167. The first-order valence-electron chi connectivity index (χ1n) is 13.6. The van der Waals surface area contributed by atoms with Crippen LogP contribution in [0.5, 0.6) is 0 Å². The van der Waals surface area contributed by atoms with Crippen LogP contribution in [-0.4, -0.2) is 11.1 Å². The number of benzene rings is 2. The Morgan fingerprint density at radius 3 is 1.59 bits per heavy atom.